The molecule has 0 aromatic heterocycles. The van der Waals surface area contributed by atoms with Crippen molar-refractivity contribution in [2.75, 3.05) is 0 Å². The molecule has 0 aromatic carbocycles. The van der Waals surface area contributed by atoms with Crippen LogP contribution in [0.3, 0.4) is 0 Å². The number of hydrogen-bond acceptors (Lipinski definition) is 7. The maximum atomic E-state index is 13.8. The lowest BCUT2D eigenvalue weighted by Crippen LogP contribution is -2.60. The van der Waals surface area contributed by atoms with Gasteiger partial charge in [-0.05, 0) is 60.7 Å². The van der Waals surface area contributed by atoms with Crippen LogP contribution in [-0.4, -0.2) is 45.9 Å². The molecule has 0 saturated heterocycles. The Labute approximate surface area is 236 Å². The van der Waals surface area contributed by atoms with Gasteiger partial charge in [0.25, 0.3) is 6.10 Å². The summed E-state index contributed by atoms with van der Waals surface area (Å²) < 4.78 is 94.7. The van der Waals surface area contributed by atoms with E-state index in [2.05, 4.69) is 15.8 Å². The Morgan fingerprint density at radius 1 is 1.05 bits per heavy atom. The normalized spacial score (nSPS) is 38.0. The summed E-state index contributed by atoms with van der Waals surface area (Å²) in [5, 5.41) is 0. The van der Waals surface area contributed by atoms with E-state index in [1.54, 1.807) is 6.92 Å². The Morgan fingerprint density at radius 3 is 2.32 bits per heavy atom. The number of alkyl halides is 5. The summed E-state index contributed by atoms with van der Waals surface area (Å²) in [6, 6.07) is 0. The molecule has 4 fully saturated rings. The zero-order valence-corrected chi connectivity index (χ0v) is 23.8. The first-order valence-corrected chi connectivity index (χ1v) is 14.8. The summed E-state index contributed by atoms with van der Waals surface area (Å²) >= 11 is -4.00. The van der Waals surface area contributed by atoms with Crippen LogP contribution in [0.1, 0.15) is 78.6 Å². The lowest BCUT2D eigenvalue weighted by molar-refractivity contribution is -0.328. The SMILES string of the molecule is C[C@H](CCC(=O)OC(C(F)(F)F)C(F)(F)OS([O])=O)[C@H]1CC[C@H]2[C@@H]3C(=O)C[C@@H]4CC(=O)CC[C@]4(C)[C@H]3CC(=O)[C@]12C. The molecule has 4 aliphatic rings. The molecular weight excluding hydrogens is 579 g/mol. The standard InChI is InChI=1S/C27H34F5O8S/c1-13(4-7-21(36)39-23(26(28,29)30)27(31,32)40-41(37)38)16-5-6-17-22-18(12-20(35)25(16,17)3)24(2)9-8-15(33)10-14(24)11-19(22)34/h13-14,16-18,22-23H,4-12H2,1-3H3/t13-,14+,16-,17+,18+,22+,23?,24+,25-/m1/s1. The molecule has 2 unspecified atom stereocenters. The molecule has 0 aromatic rings. The molecule has 1 radical (unpaired) electrons. The minimum absolute atomic E-state index is 0.00760. The largest absolute Gasteiger partial charge is 0.443 e. The van der Waals surface area contributed by atoms with E-state index in [0.29, 0.717) is 38.5 Å². The number of esters is 1. The van der Waals surface area contributed by atoms with E-state index in [1.165, 1.54) is 0 Å². The van der Waals surface area contributed by atoms with Crippen LogP contribution in [0.25, 0.3) is 0 Å². The van der Waals surface area contributed by atoms with Gasteiger partial charge in [0.2, 0.25) is 0 Å². The Hall–Kier alpha value is -1.80. The highest BCUT2D eigenvalue weighted by molar-refractivity contribution is 7.73. The second-order valence-electron chi connectivity index (χ2n) is 12.7. The molecule has 41 heavy (non-hydrogen) atoms. The molecule has 4 aliphatic carbocycles. The van der Waals surface area contributed by atoms with Gasteiger partial charge in [-0.2, -0.15) is 30.3 Å². The topological polar surface area (TPSA) is 124 Å². The van der Waals surface area contributed by atoms with Crippen LogP contribution in [0.4, 0.5) is 22.0 Å². The summed E-state index contributed by atoms with van der Waals surface area (Å²) in [4.78, 5) is 51.6. The van der Waals surface area contributed by atoms with Crippen molar-refractivity contribution in [3.8, 4) is 0 Å². The molecule has 0 N–H and O–H groups in total. The number of hydrogen-bond donors (Lipinski definition) is 0. The van der Waals surface area contributed by atoms with Gasteiger partial charge in [0.15, 0.2) is 0 Å². The van der Waals surface area contributed by atoms with E-state index in [1.807, 2.05) is 6.92 Å². The number of halogens is 5. The number of Topliss-reactive ketones (excluding diaryl/α,β-unsaturated/α-hetero) is 3. The van der Waals surface area contributed by atoms with Gasteiger partial charge in [-0.15, -0.1) is 0 Å². The highest BCUT2D eigenvalue weighted by Crippen LogP contribution is 2.66. The molecule has 231 valence electrons. The maximum Gasteiger partial charge on any atom is 0.434 e. The van der Waals surface area contributed by atoms with Crippen LogP contribution in [-0.2, 0) is 44.0 Å². The fourth-order valence-corrected chi connectivity index (χ4v) is 8.86. The number of carbonyl (C=O) groups is 4. The fourth-order valence-electron chi connectivity index (χ4n) is 8.59. The van der Waals surface area contributed by atoms with E-state index >= 15 is 0 Å². The van der Waals surface area contributed by atoms with Gasteiger partial charge in [0.1, 0.15) is 17.3 Å². The molecule has 0 spiro atoms. The van der Waals surface area contributed by atoms with Crippen molar-refractivity contribution in [1.29, 1.82) is 0 Å². The van der Waals surface area contributed by atoms with Crippen molar-refractivity contribution in [3.63, 3.8) is 0 Å². The van der Waals surface area contributed by atoms with Crippen LogP contribution >= 0.6 is 0 Å². The Kier molecular flexibility index (Phi) is 8.65. The predicted molar refractivity (Wildman–Crippen MR) is 130 cm³/mol. The van der Waals surface area contributed by atoms with Crippen LogP contribution in [0.2, 0.25) is 0 Å². The highest BCUT2D eigenvalue weighted by Gasteiger charge is 2.66. The third-order valence-electron chi connectivity index (χ3n) is 10.7. The third kappa shape index (κ3) is 5.76. The summed E-state index contributed by atoms with van der Waals surface area (Å²) in [5.41, 5.74) is -1.20. The van der Waals surface area contributed by atoms with Gasteiger partial charge in [-0.3, -0.25) is 19.2 Å². The average molecular weight is 614 g/mol. The highest BCUT2D eigenvalue weighted by atomic mass is 32.2. The second-order valence-corrected chi connectivity index (χ2v) is 13.3. The molecule has 8 nitrogen and oxygen atoms in total. The van der Waals surface area contributed by atoms with Gasteiger partial charge in [-0.1, -0.05) is 25.3 Å². The number of rotatable bonds is 8. The first-order chi connectivity index (χ1) is 18.8. The molecule has 0 bridgehead atoms. The summed E-state index contributed by atoms with van der Waals surface area (Å²) in [5.74, 6) is -2.95. The Balaban J connectivity index is 1.46. The second kappa shape index (κ2) is 11.0. The Morgan fingerprint density at radius 2 is 1.71 bits per heavy atom. The first kappa shape index (κ1) is 32.1. The number of ether oxygens (including phenoxy) is 1. The Bertz CT molecular complexity index is 1130. The molecule has 4 rings (SSSR count). The van der Waals surface area contributed by atoms with Crippen molar-refractivity contribution >= 4 is 34.7 Å². The minimum atomic E-state index is -5.81. The van der Waals surface area contributed by atoms with Gasteiger partial charge in [0, 0.05) is 43.4 Å². The number of ketones is 3. The van der Waals surface area contributed by atoms with Gasteiger partial charge in [0.05, 0.1) is 0 Å². The van der Waals surface area contributed by atoms with E-state index < -0.39 is 53.5 Å². The monoisotopic (exact) mass is 613 g/mol. The lowest BCUT2D eigenvalue weighted by atomic mass is 9.44. The van der Waals surface area contributed by atoms with E-state index in [-0.39, 0.29) is 65.2 Å². The smallest absolute Gasteiger partial charge is 0.434 e. The van der Waals surface area contributed by atoms with Crippen molar-refractivity contribution < 1.29 is 58.8 Å². The van der Waals surface area contributed by atoms with Crippen molar-refractivity contribution in [2.45, 2.75) is 96.9 Å². The zero-order valence-electron chi connectivity index (χ0n) is 23.0. The van der Waals surface area contributed by atoms with Gasteiger partial charge < -0.3 is 4.74 Å². The first-order valence-electron chi connectivity index (χ1n) is 13.8. The number of carbonyl (C=O) groups excluding carboxylic acids is 4. The van der Waals surface area contributed by atoms with Crippen LogP contribution in [0.15, 0.2) is 0 Å². The molecule has 0 aliphatic heterocycles. The van der Waals surface area contributed by atoms with E-state index in [4.69, 9.17) is 0 Å². The van der Waals surface area contributed by atoms with E-state index in [9.17, 15) is 49.9 Å². The summed E-state index contributed by atoms with van der Waals surface area (Å²) in [7, 11) is 0. The van der Waals surface area contributed by atoms with Crippen LogP contribution < -0.4 is 0 Å². The van der Waals surface area contributed by atoms with Gasteiger partial charge in [-0.25, -0.2) is 0 Å². The molecule has 14 heteroatoms. The minimum Gasteiger partial charge on any atom is -0.443 e. The fraction of sp³-hybridized carbons (Fsp3) is 0.852. The molecular formula is C27H34F5O8S. The van der Waals surface area contributed by atoms with Crippen molar-refractivity contribution in [2.24, 2.45) is 46.3 Å². The zero-order chi connectivity index (χ0) is 30.7. The van der Waals surface area contributed by atoms with Crippen LogP contribution in [0.5, 0.6) is 0 Å². The average Bonchev–Trinajstić information content (AvgIpc) is 3.19. The lowest BCUT2D eigenvalue weighted by Gasteiger charge is -2.58. The van der Waals surface area contributed by atoms with Crippen molar-refractivity contribution in [1.82, 2.24) is 0 Å². The third-order valence-corrected chi connectivity index (χ3v) is 11.1. The maximum absolute atomic E-state index is 13.8. The predicted octanol–water partition coefficient (Wildman–Crippen LogP) is 5.08. The van der Waals surface area contributed by atoms with Crippen LogP contribution in [0, 0.1) is 46.3 Å². The molecule has 0 amide bonds. The summed E-state index contributed by atoms with van der Waals surface area (Å²) in [6.07, 6.45) is -13.0. The van der Waals surface area contributed by atoms with Crippen molar-refractivity contribution in [3.05, 3.63) is 0 Å². The quantitative estimate of drug-likeness (QED) is 0.276. The summed E-state index contributed by atoms with van der Waals surface area (Å²) in [6.45, 7) is 5.62. The number of fused-ring (bicyclic) bond motifs is 5. The van der Waals surface area contributed by atoms with Gasteiger partial charge >= 0.3 is 29.6 Å². The molecule has 0 heterocycles. The molecule has 10 atom stereocenters. The molecule has 4 saturated carbocycles. The van der Waals surface area contributed by atoms with E-state index in [0.717, 1.165) is 0 Å².